The van der Waals surface area contributed by atoms with E-state index >= 15 is 0 Å². The van der Waals surface area contributed by atoms with E-state index < -0.39 is 0 Å². The van der Waals surface area contributed by atoms with Crippen molar-refractivity contribution in [3.63, 3.8) is 0 Å². The summed E-state index contributed by atoms with van der Waals surface area (Å²) >= 11 is 2.04. The van der Waals surface area contributed by atoms with Gasteiger partial charge in [-0.25, -0.2) is 0 Å². The third kappa shape index (κ3) is 3.38. The molecule has 0 amide bonds. The Morgan fingerprint density at radius 1 is 1.44 bits per heavy atom. The molecule has 2 rings (SSSR count). The van der Waals surface area contributed by atoms with Crippen LogP contribution in [0.5, 0.6) is 0 Å². The van der Waals surface area contributed by atoms with Gasteiger partial charge in [-0.05, 0) is 38.4 Å². The Morgan fingerprint density at radius 3 is 2.88 bits per heavy atom. The van der Waals surface area contributed by atoms with Crippen LogP contribution in [0.4, 0.5) is 0 Å². The second-order valence-electron chi connectivity index (χ2n) is 5.27. The highest BCUT2D eigenvalue weighted by molar-refractivity contribution is 8.00. The van der Waals surface area contributed by atoms with Crippen LogP contribution in [0.1, 0.15) is 45.4 Å². The SMILES string of the molecule is CCCC1CC(NCC2(SC)CC2)CCO1. The minimum atomic E-state index is 0.515. The number of thioether (sulfide) groups is 1. The molecular formula is C13H25NOS. The predicted molar refractivity (Wildman–Crippen MR) is 71.2 cm³/mol. The van der Waals surface area contributed by atoms with Gasteiger partial charge in [0.2, 0.25) is 0 Å². The van der Waals surface area contributed by atoms with Crippen LogP contribution in [0.15, 0.2) is 0 Å². The minimum Gasteiger partial charge on any atom is -0.378 e. The number of rotatable bonds is 6. The van der Waals surface area contributed by atoms with E-state index in [2.05, 4.69) is 18.5 Å². The highest BCUT2D eigenvalue weighted by Crippen LogP contribution is 2.46. The van der Waals surface area contributed by atoms with E-state index in [0.29, 0.717) is 16.9 Å². The van der Waals surface area contributed by atoms with E-state index in [0.717, 1.165) is 6.61 Å². The molecule has 16 heavy (non-hydrogen) atoms. The maximum Gasteiger partial charge on any atom is 0.0589 e. The van der Waals surface area contributed by atoms with Crippen LogP contribution >= 0.6 is 11.8 Å². The quantitative estimate of drug-likeness (QED) is 0.775. The summed E-state index contributed by atoms with van der Waals surface area (Å²) in [7, 11) is 0. The summed E-state index contributed by atoms with van der Waals surface area (Å²) in [5.41, 5.74) is 0. The summed E-state index contributed by atoms with van der Waals surface area (Å²) in [6.07, 6.45) is 10.5. The lowest BCUT2D eigenvalue weighted by Gasteiger charge is -2.31. The largest absolute Gasteiger partial charge is 0.378 e. The zero-order valence-electron chi connectivity index (χ0n) is 10.6. The molecule has 3 heteroatoms. The van der Waals surface area contributed by atoms with Crippen LogP contribution in [0.25, 0.3) is 0 Å². The minimum absolute atomic E-state index is 0.515. The van der Waals surface area contributed by atoms with Gasteiger partial charge < -0.3 is 10.1 Å². The average Bonchev–Trinajstić information content (AvgIpc) is 3.08. The first-order chi connectivity index (χ1) is 7.78. The molecule has 94 valence electrons. The van der Waals surface area contributed by atoms with Crippen molar-refractivity contribution in [3.05, 3.63) is 0 Å². The van der Waals surface area contributed by atoms with Crippen LogP contribution in [0.2, 0.25) is 0 Å². The van der Waals surface area contributed by atoms with Crippen molar-refractivity contribution in [1.82, 2.24) is 5.32 Å². The molecule has 1 N–H and O–H groups in total. The Bertz CT molecular complexity index is 216. The van der Waals surface area contributed by atoms with Crippen LogP contribution in [0.3, 0.4) is 0 Å². The van der Waals surface area contributed by atoms with Crippen molar-refractivity contribution in [3.8, 4) is 0 Å². The molecule has 2 atom stereocenters. The lowest BCUT2D eigenvalue weighted by Crippen LogP contribution is -2.42. The van der Waals surface area contributed by atoms with E-state index in [4.69, 9.17) is 4.74 Å². The molecule has 0 aromatic heterocycles. The molecular weight excluding hydrogens is 218 g/mol. The summed E-state index contributed by atoms with van der Waals surface area (Å²) < 4.78 is 6.37. The van der Waals surface area contributed by atoms with Gasteiger partial charge in [0.1, 0.15) is 0 Å². The molecule has 0 radical (unpaired) electrons. The monoisotopic (exact) mass is 243 g/mol. The van der Waals surface area contributed by atoms with Crippen molar-refractivity contribution < 1.29 is 4.74 Å². The maximum atomic E-state index is 5.78. The van der Waals surface area contributed by atoms with Crippen LogP contribution in [0, 0.1) is 0 Å². The fourth-order valence-electron chi connectivity index (χ4n) is 2.51. The van der Waals surface area contributed by atoms with Gasteiger partial charge in [-0.1, -0.05) is 13.3 Å². The standard InChI is InChI=1S/C13H25NOS/c1-3-4-12-9-11(5-8-15-12)14-10-13(16-2)6-7-13/h11-12,14H,3-10H2,1-2H3. The predicted octanol–water partition coefficient (Wildman–Crippen LogP) is 2.82. The van der Waals surface area contributed by atoms with Gasteiger partial charge in [0.15, 0.2) is 0 Å². The summed E-state index contributed by atoms with van der Waals surface area (Å²) in [5, 5.41) is 3.76. The molecule has 0 aromatic carbocycles. The summed E-state index contributed by atoms with van der Waals surface area (Å²) in [4.78, 5) is 0. The zero-order valence-corrected chi connectivity index (χ0v) is 11.4. The third-order valence-corrected chi connectivity index (χ3v) is 5.35. The molecule has 0 bridgehead atoms. The van der Waals surface area contributed by atoms with Crippen molar-refractivity contribution in [2.75, 3.05) is 19.4 Å². The maximum absolute atomic E-state index is 5.78. The van der Waals surface area contributed by atoms with E-state index in [9.17, 15) is 0 Å². The lowest BCUT2D eigenvalue weighted by molar-refractivity contribution is -0.00311. The molecule has 2 aliphatic rings. The fraction of sp³-hybridized carbons (Fsp3) is 1.00. The molecule has 1 aliphatic heterocycles. The van der Waals surface area contributed by atoms with E-state index in [1.54, 1.807) is 0 Å². The molecule has 1 aliphatic carbocycles. The molecule has 2 unspecified atom stereocenters. The van der Waals surface area contributed by atoms with Crippen LogP contribution in [-0.2, 0) is 4.74 Å². The van der Waals surface area contributed by atoms with Crippen LogP contribution < -0.4 is 5.32 Å². The van der Waals surface area contributed by atoms with Gasteiger partial charge in [-0.3, -0.25) is 0 Å². The zero-order chi connectivity index (χ0) is 11.4. The van der Waals surface area contributed by atoms with Gasteiger partial charge >= 0.3 is 0 Å². The Balaban J connectivity index is 1.69. The Hall–Kier alpha value is 0.270. The first-order valence-electron chi connectivity index (χ1n) is 6.68. The molecule has 2 nitrogen and oxygen atoms in total. The highest BCUT2D eigenvalue weighted by atomic mass is 32.2. The molecule has 0 aromatic rings. The van der Waals surface area contributed by atoms with Gasteiger partial charge in [-0.2, -0.15) is 11.8 Å². The Labute approximate surface area is 104 Å². The number of hydrogen-bond acceptors (Lipinski definition) is 3. The number of ether oxygens (including phenoxy) is 1. The summed E-state index contributed by atoms with van der Waals surface area (Å²) in [6.45, 7) is 4.40. The van der Waals surface area contributed by atoms with Gasteiger partial charge in [0.05, 0.1) is 6.10 Å². The first kappa shape index (κ1) is 12.7. The molecule has 1 heterocycles. The smallest absolute Gasteiger partial charge is 0.0589 e. The third-order valence-electron chi connectivity index (χ3n) is 3.93. The fourth-order valence-corrected chi connectivity index (χ4v) is 3.25. The molecule has 1 saturated carbocycles. The van der Waals surface area contributed by atoms with Crippen molar-refractivity contribution in [1.29, 1.82) is 0 Å². The second kappa shape index (κ2) is 5.74. The Morgan fingerprint density at radius 2 is 2.25 bits per heavy atom. The second-order valence-corrected chi connectivity index (χ2v) is 6.55. The Kier molecular flexibility index (Phi) is 4.57. The van der Waals surface area contributed by atoms with Crippen molar-refractivity contribution >= 4 is 11.8 Å². The molecule has 0 spiro atoms. The average molecular weight is 243 g/mol. The van der Waals surface area contributed by atoms with Crippen LogP contribution in [-0.4, -0.2) is 36.3 Å². The van der Waals surface area contributed by atoms with E-state index in [1.165, 1.54) is 45.1 Å². The highest BCUT2D eigenvalue weighted by Gasteiger charge is 2.42. The van der Waals surface area contributed by atoms with E-state index in [-0.39, 0.29) is 0 Å². The number of hydrogen-bond donors (Lipinski definition) is 1. The van der Waals surface area contributed by atoms with Crippen molar-refractivity contribution in [2.24, 2.45) is 0 Å². The summed E-state index contributed by atoms with van der Waals surface area (Å²) in [5.74, 6) is 0. The van der Waals surface area contributed by atoms with Gasteiger partial charge in [0.25, 0.3) is 0 Å². The lowest BCUT2D eigenvalue weighted by atomic mass is 10.00. The molecule has 1 saturated heterocycles. The summed E-state index contributed by atoms with van der Waals surface area (Å²) in [6, 6.07) is 0.704. The number of nitrogens with one attached hydrogen (secondary N) is 1. The van der Waals surface area contributed by atoms with Gasteiger partial charge in [0, 0.05) is 23.9 Å². The van der Waals surface area contributed by atoms with Crippen molar-refractivity contribution in [2.45, 2.75) is 62.3 Å². The van der Waals surface area contributed by atoms with E-state index in [1.807, 2.05) is 11.8 Å². The normalized spacial score (nSPS) is 32.6. The molecule has 2 fully saturated rings. The topological polar surface area (TPSA) is 21.3 Å². The first-order valence-corrected chi connectivity index (χ1v) is 7.90. The van der Waals surface area contributed by atoms with Gasteiger partial charge in [-0.15, -0.1) is 0 Å².